The predicted octanol–water partition coefficient (Wildman–Crippen LogP) is 2.94. The highest BCUT2D eigenvalue weighted by atomic mass is 35.5. The van der Waals surface area contributed by atoms with Crippen LogP contribution in [0.25, 0.3) is 0 Å². The Bertz CT molecular complexity index is 787. The van der Waals surface area contributed by atoms with Crippen LogP contribution in [0, 0.1) is 5.92 Å². The average Bonchev–Trinajstić information content (AvgIpc) is 3.31. The SMILES string of the molecule is COc1ccc(NC(=O)C[NH+]2CCc3sccc3[C@H]2C2CC2)cc1Cl. The van der Waals surface area contributed by atoms with Crippen molar-refractivity contribution in [1.82, 2.24) is 0 Å². The minimum absolute atomic E-state index is 0.0422. The first-order valence-electron chi connectivity index (χ1n) is 8.70. The smallest absolute Gasteiger partial charge is 0.279 e. The molecule has 1 saturated carbocycles. The minimum atomic E-state index is 0.0422. The fourth-order valence-corrected chi connectivity index (χ4v) is 5.04. The summed E-state index contributed by atoms with van der Waals surface area (Å²) in [6.07, 6.45) is 3.66. The third-order valence-electron chi connectivity index (χ3n) is 5.14. The summed E-state index contributed by atoms with van der Waals surface area (Å²) in [7, 11) is 1.58. The van der Waals surface area contributed by atoms with Crippen molar-refractivity contribution in [3.63, 3.8) is 0 Å². The van der Waals surface area contributed by atoms with Crippen LogP contribution in [0.1, 0.15) is 29.3 Å². The van der Waals surface area contributed by atoms with Gasteiger partial charge in [-0.3, -0.25) is 4.79 Å². The second kappa shape index (κ2) is 6.98. The summed E-state index contributed by atoms with van der Waals surface area (Å²) in [5.74, 6) is 1.40. The van der Waals surface area contributed by atoms with E-state index in [9.17, 15) is 4.79 Å². The maximum Gasteiger partial charge on any atom is 0.279 e. The van der Waals surface area contributed by atoms with Gasteiger partial charge in [-0.1, -0.05) is 11.6 Å². The number of anilines is 1. The molecule has 6 heteroatoms. The third-order valence-corrected chi connectivity index (χ3v) is 6.44. The fraction of sp³-hybridized carbons (Fsp3) is 0.421. The van der Waals surface area contributed by atoms with Crippen molar-refractivity contribution in [1.29, 1.82) is 0 Å². The summed E-state index contributed by atoms with van der Waals surface area (Å²) < 4.78 is 5.15. The minimum Gasteiger partial charge on any atom is -0.495 e. The fourth-order valence-electron chi connectivity index (χ4n) is 3.85. The van der Waals surface area contributed by atoms with Crippen LogP contribution in [-0.2, 0) is 11.2 Å². The van der Waals surface area contributed by atoms with Crippen molar-refractivity contribution in [2.24, 2.45) is 5.92 Å². The topological polar surface area (TPSA) is 42.8 Å². The molecule has 4 rings (SSSR count). The van der Waals surface area contributed by atoms with Crippen molar-refractivity contribution in [2.75, 3.05) is 25.5 Å². The van der Waals surface area contributed by atoms with E-state index in [1.54, 1.807) is 19.2 Å². The highest BCUT2D eigenvalue weighted by molar-refractivity contribution is 7.10. The Morgan fingerprint density at radius 3 is 2.96 bits per heavy atom. The van der Waals surface area contributed by atoms with Gasteiger partial charge in [-0.2, -0.15) is 0 Å². The van der Waals surface area contributed by atoms with E-state index in [1.165, 1.54) is 28.2 Å². The molecule has 1 aromatic carbocycles. The van der Waals surface area contributed by atoms with Gasteiger partial charge in [-0.05, 0) is 42.5 Å². The molecule has 0 radical (unpaired) electrons. The van der Waals surface area contributed by atoms with E-state index in [-0.39, 0.29) is 5.91 Å². The first-order chi connectivity index (χ1) is 12.2. The molecular formula is C19H22ClN2O2S+. The molecule has 1 fully saturated rings. The zero-order valence-electron chi connectivity index (χ0n) is 14.2. The van der Waals surface area contributed by atoms with E-state index in [0.29, 0.717) is 29.0 Å². The van der Waals surface area contributed by atoms with Gasteiger partial charge < -0.3 is 15.0 Å². The summed E-state index contributed by atoms with van der Waals surface area (Å²) in [4.78, 5) is 15.5. The van der Waals surface area contributed by atoms with Crippen molar-refractivity contribution < 1.29 is 14.4 Å². The number of hydrogen-bond donors (Lipinski definition) is 2. The van der Waals surface area contributed by atoms with Gasteiger partial charge in [0.2, 0.25) is 0 Å². The number of thiophene rings is 1. The number of hydrogen-bond acceptors (Lipinski definition) is 3. The second-order valence-corrected chi connectivity index (χ2v) is 8.25. The maximum absolute atomic E-state index is 12.6. The molecule has 25 heavy (non-hydrogen) atoms. The van der Waals surface area contributed by atoms with Gasteiger partial charge in [0.25, 0.3) is 5.91 Å². The lowest BCUT2D eigenvalue weighted by Gasteiger charge is -2.32. The molecule has 2 aliphatic rings. The Kier molecular flexibility index (Phi) is 4.71. The zero-order chi connectivity index (χ0) is 17.4. The summed E-state index contributed by atoms with van der Waals surface area (Å²) in [6.45, 7) is 1.53. The van der Waals surface area contributed by atoms with E-state index in [4.69, 9.17) is 16.3 Å². The molecule has 2 aromatic rings. The Hall–Kier alpha value is -1.56. The van der Waals surface area contributed by atoms with Crippen LogP contribution in [0.15, 0.2) is 29.6 Å². The number of ether oxygens (including phenoxy) is 1. The standard InChI is InChI=1S/C19H21ClN2O2S/c1-24-16-5-4-13(10-15(16)20)21-18(23)11-22-8-6-17-14(7-9-25-17)19(22)12-2-3-12/h4-5,7,9-10,12,19H,2-3,6,8,11H2,1H3,(H,21,23)/p+1/t19-/m1/s1. The van der Waals surface area contributed by atoms with E-state index in [1.807, 2.05) is 17.4 Å². The number of nitrogens with one attached hydrogen (secondary N) is 2. The molecule has 2 heterocycles. The molecular weight excluding hydrogens is 356 g/mol. The Balaban J connectivity index is 1.44. The van der Waals surface area contributed by atoms with Crippen LogP contribution >= 0.6 is 22.9 Å². The van der Waals surface area contributed by atoms with Crippen molar-refractivity contribution >= 4 is 34.5 Å². The van der Waals surface area contributed by atoms with Crippen LogP contribution < -0.4 is 15.0 Å². The molecule has 2 N–H and O–H groups in total. The number of fused-ring (bicyclic) bond motifs is 1. The number of quaternary nitrogens is 1. The van der Waals surface area contributed by atoms with E-state index in [0.717, 1.165) is 18.9 Å². The molecule has 0 saturated heterocycles. The van der Waals surface area contributed by atoms with E-state index >= 15 is 0 Å². The molecule has 0 bridgehead atoms. The van der Waals surface area contributed by atoms with Gasteiger partial charge >= 0.3 is 0 Å². The summed E-state index contributed by atoms with van der Waals surface area (Å²) in [5.41, 5.74) is 2.19. The van der Waals surface area contributed by atoms with Crippen LogP contribution in [0.2, 0.25) is 5.02 Å². The third kappa shape index (κ3) is 3.54. The summed E-state index contributed by atoms with van der Waals surface area (Å²) >= 11 is 8.00. The van der Waals surface area contributed by atoms with Crippen LogP contribution in [0.5, 0.6) is 5.75 Å². The first kappa shape index (κ1) is 16.9. The van der Waals surface area contributed by atoms with Crippen LogP contribution in [-0.4, -0.2) is 26.1 Å². The van der Waals surface area contributed by atoms with Crippen molar-refractivity contribution in [3.8, 4) is 5.75 Å². The molecule has 1 aliphatic heterocycles. The normalized spacial score (nSPS) is 22.3. The number of carbonyl (C=O) groups excluding carboxylic acids is 1. The highest BCUT2D eigenvalue weighted by Crippen LogP contribution is 2.42. The van der Waals surface area contributed by atoms with E-state index in [2.05, 4.69) is 16.8 Å². The number of amides is 1. The molecule has 2 atom stereocenters. The largest absolute Gasteiger partial charge is 0.495 e. The number of carbonyl (C=O) groups is 1. The van der Waals surface area contributed by atoms with Crippen molar-refractivity contribution in [2.45, 2.75) is 25.3 Å². The van der Waals surface area contributed by atoms with Gasteiger partial charge in [0.05, 0.1) is 18.7 Å². The molecule has 1 unspecified atom stereocenters. The molecule has 1 aromatic heterocycles. The Morgan fingerprint density at radius 1 is 1.40 bits per heavy atom. The number of methoxy groups -OCH3 is 1. The van der Waals surface area contributed by atoms with Crippen LogP contribution in [0.4, 0.5) is 5.69 Å². The number of rotatable bonds is 5. The summed E-state index contributed by atoms with van der Waals surface area (Å²) in [6, 6.07) is 8.09. The van der Waals surface area contributed by atoms with Gasteiger partial charge in [0.15, 0.2) is 6.54 Å². The second-order valence-electron chi connectivity index (χ2n) is 6.85. The average molecular weight is 378 g/mol. The molecule has 132 valence electrons. The molecule has 4 nitrogen and oxygen atoms in total. The quantitative estimate of drug-likeness (QED) is 0.841. The van der Waals surface area contributed by atoms with Gasteiger partial charge in [0, 0.05) is 28.5 Å². The monoisotopic (exact) mass is 377 g/mol. The Morgan fingerprint density at radius 2 is 2.24 bits per heavy atom. The Labute approximate surface area is 156 Å². The van der Waals surface area contributed by atoms with Gasteiger partial charge in [-0.15, -0.1) is 11.3 Å². The van der Waals surface area contributed by atoms with Crippen molar-refractivity contribution in [3.05, 3.63) is 45.1 Å². The molecule has 1 aliphatic carbocycles. The first-order valence-corrected chi connectivity index (χ1v) is 9.95. The highest BCUT2D eigenvalue weighted by Gasteiger charge is 2.43. The molecule has 1 amide bonds. The van der Waals surface area contributed by atoms with Crippen LogP contribution in [0.3, 0.4) is 0 Å². The predicted molar refractivity (Wildman–Crippen MR) is 101 cm³/mol. The lowest BCUT2D eigenvalue weighted by atomic mass is 9.96. The summed E-state index contributed by atoms with van der Waals surface area (Å²) in [5, 5.41) is 5.68. The number of halogens is 1. The lowest BCUT2D eigenvalue weighted by Crippen LogP contribution is -3.14. The number of benzene rings is 1. The van der Waals surface area contributed by atoms with E-state index < -0.39 is 0 Å². The lowest BCUT2D eigenvalue weighted by molar-refractivity contribution is -0.928. The maximum atomic E-state index is 12.6. The van der Waals surface area contributed by atoms with Gasteiger partial charge in [0.1, 0.15) is 11.8 Å². The zero-order valence-corrected chi connectivity index (χ0v) is 15.8. The molecule has 0 spiro atoms. The van der Waals surface area contributed by atoms with Gasteiger partial charge in [-0.25, -0.2) is 0 Å².